The smallest absolute Gasteiger partial charge is 0.257 e. The van der Waals surface area contributed by atoms with Crippen LogP contribution in [0.15, 0.2) is 42.5 Å². The topological polar surface area (TPSA) is 49.9 Å². The summed E-state index contributed by atoms with van der Waals surface area (Å²) >= 11 is 0. The second-order valence-electron chi connectivity index (χ2n) is 9.10. The molecular formula is C25H27FN2O3. The number of ether oxygens (including phenoxy) is 1. The summed E-state index contributed by atoms with van der Waals surface area (Å²) in [5, 5.41) is 0. The Labute approximate surface area is 181 Å². The maximum Gasteiger partial charge on any atom is 0.257 e. The normalized spacial score (nSPS) is 24.7. The summed E-state index contributed by atoms with van der Waals surface area (Å²) < 4.78 is 20.1. The number of rotatable bonds is 2. The monoisotopic (exact) mass is 422 g/mol. The number of halogens is 1. The molecule has 2 amide bonds. The fraction of sp³-hybridized carbons (Fsp3) is 0.440. The number of hydrogen-bond acceptors (Lipinski definition) is 3. The van der Waals surface area contributed by atoms with Gasteiger partial charge in [-0.1, -0.05) is 29.3 Å². The first-order valence-corrected chi connectivity index (χ1v) is 11.0. The third-order valence-electron chi connectivity index (χ3n) is 6.88. The standard InChI is InChI=1S/C25H27FN2O3/c1-16-12-17(2)14-19(13-16)23(29)27-10-8-25(9-11-27)24(30)28-21(6-7-22(28)31-25)18-4-3-5-20(26)15-18/h3-5,12-15,21-22H,6-11H2,1-2H3/t21-,22+/m0/s1. The first kappa shape index (κ1) is 20.2. The van der Waals surface area contributed by atoms with Gasteiger partial charge in [0.15, 0.2) is 5.60 Å². The summed E-state index contributed by atoms with van der Waals surface area (Å²) in [6.07, 6.45) is 2.24. The lowest BCUT2D eigenvalue weighted by Crippen LogP contribution is -2.51. The Morgan fingerprint density at radius 1 is 1.06 bits per heavy atom. The molecule has 3 heterocycles. The Bertz CT molecular complexity index is 1020. The maximum atomic E-state index is 13.7. The molecule has 0 radical (unpaired) electrons. The zero-order chi connectivity index (χ0) is 21.8. The lowest BCUT2D eigenvalue weighted by atomic mass is 9.89. The molecule has 3 saturated heterocycles. The van der Waals surface area contributed by atoms with Gasteiger partial charge in [0.2, 0.25) is 0 Å². The van der Waals surface area contributed by atoms with Crippen LogP contribution < -0.4 is 0 Å². The fourth-order valence-corrected chi connectivity index (χ4v) is 5.44. The molecule has 0 aromatic heterocycles. The maximum absolute atomic E-state index is 13.7. The van der Waals surface area contributed by atoms with Gasteiger partial charge in [-0.3, -0.25) is 9.59 Å². The summed E-state index contributed by atoms with van der Waals surface area (Å²) in [6.45, 7) is 4.95. The third kappa shape index (κ3) is 3.43. The first-order chi connectivity index (χ1) is 14.9. The van der Waals surface area contributed by atoms with Gasteiger partial charge in [0, 0.05) is 31.5 Å². The number of likely N-dealkylation sites (tertiary alicyclic amines) is 1. The second-order valence-corrected chi connectivity index (χ2v) is 9.10. The van der Waals surface area contributed by atoms with Crippen molar-refractivity contribution in [3.8, 4) is 0 Å². The van der Waals surface area contributed by atoms with Crippen LogP contribution in [0.2, 0.25) is 0 Å². The van der Waals surface area contributed by atoms with E-state index in [0.717, 1.165) is 29.5 Å². The largest absolute Gasteiger partial charge is 0.342 e. The van der Waals surface area contributed by atoms with Crippen LogP contribution in [0.4, 0.5) is 4.39 Å². The Kier molecular flexibility index (Phi) is 4.85. The number of carbonyl (C=O) groups excluding carboxylic acids is 2. The Hall–Kier alpha value is -2.73. The van der Waals surface area contributed by atoms with Gasteiger partial charge in [-0.25, -0.2) is 4.39 Å². The summed E-state index contributed by atoms with van der Waals surface area (Å²) in [4.78, 5) is 30.1. The molecule has 3 aliphatic rings. The van der Waals surface area contributed by atoms with Crippen LogP contribution in [0.25, 0.3) is 0 Å². The number of fused-ring (bicyclic) bond motifs is 1. The molecule has 2 aromatic carbocycles. The van der Waals surface area contributed by atoms with Gasteiger partial charge in [-0.05, 0) is 56.5 Å². The summed E-state index contributed by atoms with van der Waals surface area (Å²) in [7, 11) is 0. The van der Waals surface area contributed by atoms with Crippen molar-refractivity contribution in [3.63, 3.8) is 0 Å². The Balaban J connectivity index is 1.31. The molecule has 0 aliphatic carbocycles. The highest BCUT2D eigenvalue weighted by Crippen LogP contribution is 2.47. The van der Waals surface area contributed by atoms with Crippen LogP contribution >= 0.6 is 0 Å². The van der Waals surface area contributed by atoms with Crippen molar-refractivity contribution in [1.82, 2.24) is 9.80 Å². The molecule has 0 saturated carbocycles. The van der Waals surface area contributed by atoms with Crippen LogP contribution in [0.3, 0.4) is 0 Å². The van der Waals surface area contributed by atoms with Gasteiger partial charge >= 0.3 is 0 Å². The number of carbonyl (C=O) groups is 2. The molecule has 3 aliphatic heterocycles. The number of piperidine rings is 1. The molecule has 31 heavy (non-hydrogen) atoms. The van der Waals surface area contributed by atoms with E-state index < -0.39 is 5.60 Å². The third-order valence-corrected chi connectivity index (χ3v) is 6.88. The average Bonchev–Trinajstić information content (AvgIpc) is 3.26. The molecule has 2 atom stereocenters. The van der Waals surface area contributed by atoms with Crippen molar-refractivity contribution in [2.24, 2.45) is 0 Å². The number of nitrogens with zero attached hydrogens (tertiary/aromatic N) is 2. The molecule has 0 bridgehead atoms. The quantitative estimate of drug-likeness (QED) is 0.731. The minimum absolute atomic E-state index is 0.00485. The summed E-state index contributed by atoms with van der Waals surface area (Å²) in [5.74, 6) is -0.297. The summed E-state index contributed by atoms with van der Waals surface area (Å²) in [6, 6.07) is 12.2. The van der Waals surface area contributed by atoms with Crippen molar-refractivity contribution >= 4 is 11.8 Å². The van der Waals surface area contributed by atoms with E-state index in [2.05, 4.69) is 6.07 Å². The molecule has 5 nitrogen and oxygen atoms in total. The van der Waals surface area contributed by atoms with Gasteiger partial charge < -0.3 is 14.5 Å². The minimum atomic E-state index is -0.865. The Morgan fingerprint density at radius 2 is 1.77 bits per heavy atom. The van der Waals surface area contributed by atoms with E-state index in [0.29, 0.717) is 31.5 Å². The van der Waals surface area contributed by atoms with Crippen LogP contribution in [0, 0.1) is 19.7 Å². The molecule has 162 valence electrons. The van der Waals surface area contributed by atoms with E-state index in [1.807, 2.05) is 41.8 Å². The molecule has 5 rings (SSSR count). The molecule has 0 N–H and O–H groups in total. The second kappa shape index (κ2) is 7.45. The van der Waals surface area contributed by atoms with Gasteiger partial charge in [0.1, 0.15) is 12.0 Å². The summed E-state index contributed by atoms with van der Waals surface area (Å²) in [5.41, 5.74) is 2.78. The van der Waals surface area contributed by atoms with Crippen molar-refractivity contribution in [2.75, 3.05) is 13.1 Å². The molecular weight excluding hydrogens is 395 g/mol. The van der Waals surface area contributed by atoms with E-state index in [1.54, 1.807) is 6.07 Å². The zero-order valence-corrected chi connectivity index (χ0v) is 17.9. The van der Waals surface area contributed by atoms with Crippen molar-refractivity contribution in [3.05, 3.63) is 70.5 Å². The van der Waals surface area contributed by atoms with Crippen molar-refractivity contribution < 1.29 is 18.7 Å². The van der Waals surface area contributed by atoms with E-state index in [4.69, 9.17) is 4.74 Å². The minimum Gasteiger partial charge on any atom is -0.342 e. The zero-order valence-electron chi connectivity index (χ0n) is 17.9. The van der Waals surface area contributed by atoms with Crippen molar-refractivity contribution in [1.29, 1.82) is 0 Å². The molecule has 2 aromatic rings. The SMILES string of the molecule is Cc1cc(C)cc(C(=O)N2CCC3(CC2)O[C@@H]2CC[C@@H](c4cccc(F)c4)N2C3=O)c1. The molecule has 3 fully saturated rings. The van der Waals surface area contributed by atoms with Gasteiger partial charge in [-0.2, -0.15) is 0 Å². The number of aryl methyl sites for hydroxylation is 2. The lowest BCUT2D eigenvalue weighted by Gasteiger charge is -2.37. The van der Waals surface area contributed by atoms with Gasteiger partial charge in [-0.15, -0.1) is 0 Å². The van der Waals surface area contributed by atoms with Gasteiger partial charge in [0.25, 0.3) is 11.8 Å². The fourth-order valence-electron chi connectivity index (χ4n) is 5.44. The van der Waals surface area contributed by atoms with E-state index >= 15 is 0 Å². The predicted molar refractivity (Wildman–Crippen MR) is 114 cm³/mol. The highest BCUT2D eigenvalue weighted by atomic mass is 19.1. The number of amides is 2. The molecule has 6 heteroatoms. The number of hydrogen-bond donors (Lipinski definition) is 0. The predicted octanol–water partition coefficient (Wildman–Crippen LogP) is 4.14. The van der Waals surface area contributed by atoms with Crippen LogP contribution in [0.5, 0.6) is 0 Å². The molecule has 0 unspecified atom stereocenters. The Morgan fingerprint density at radius 3 is 2.45 bits per heavy atom. The highest BCUT2D eigenvalue weighted by molar-refractivity contribution is 5.95. The van der Waals surface area contributed by atoms with Gasteiger partial charge in [0.05, 0.1) is 6.04 Å². The van der Waals surface area contributed by atoms with E-state index in [9.17, 15) is 14.0 Å². The lowest BCUT2D eigenvalue weighted by molar-refractivity contribution is -0.142. The van der Waals surface area contributed by atoms with E-state index in [1.165, 1.54) is 12.1 Å². The van der Waals surface area contributed by atoms with Crippen LogP contribution in [0.1, 0.15) is 58.8 Å². The van der Waals surface area contributed by atoms with Crippen LogP contribution in [-0.4, -0.2) is 46.5 Å². The van der Waals surface area contributed by atoms with E-state index in [-0.39, 0.29) is 29.9 Å². The number of benzene rings is 2. The highest BCUT2D eigenvalue weighted by Gasteiger charge is 2.58. The van der Waals surface area contributed by atoms with Crippen LogP contribution in [-0.2, 0) is 9.53 Å². The molecule has 1 spiro atoms. The average molecular weight is 423 g/mol. The first-order valence-electron chi connectivity index (χ1n) is 11.0. The van der Waals surface area contributed by atoms with Crippen molar-refractivity contribution in [2.45, 2.75) is 57.4 Å².